The van der Waals surface area contributed by atoms with Crippen LogP contribution < -0.4 is 0 Å². The summed E-state index contributed by atoms with van der Waals surface area (Å²) in [6.07, 6.45) is 6.41. The summed E-state index contributed by atoms with van der Waals surface area (Å²) in [5.41, 5.74) is 0.929. The summed E-state index contributed by atoms with van der Waals surface area (Å²) in [7, 11) is -1.34. The van der Waals surface area contributed by atoms with Gasteiger partial charge in [0.05, 0.1) is 32.9 Å². The van der Waals surface area contributed by atoms with Gasteiger partial charge in [-0.15, -0.1) is 0 Å². The fraction of sp³-hybridized carbons (Fsp3) is 0.150. The maximum absolute atomic E-state index is 12.5. The van der Waals surface area contributed by atoms with Crippen molar-refractivity contribution in [3.05, 3.63) is 88.5 Å². The number of non-ortho nitro benzene ring substituents is 1. The minimum atomic E-state index is -1.34. The Morgan fingerprint density at radius 2 is 1.67 bits per heavy atom. The van der Waals surface area contributed by atoms with E-state index in [-0.39, 0.29) is 11.4 Å². The highest BCUT2D eigenvalue weighted by atomic mass is 32.2. The van der Waals surface area contributed by atoms with Crippen molar-refractivity contribution >= 4 is 27.9 Å². The van der Waals surface area contributed by atoms with E-state index in [0.29, 0.717) is 16.3 Å². The van der Waals surface area contributed by atoms with Crippen molar-refractivity contribution < 1.29 is 14.2 Å². The van der Waals surface area contributed by atoms with Gasteiger partial charge in [-0.1, -0.05) is 17.7 Å². The third kappa shape index (κ3) is 4.84. The largest absolute Gasteiger partial charge is 0.381 e. The van der Waals surface area contributed by atoms with Crippen LogP contribution in [0.2, 0.25) is 0 Å². The van der Waals surface area contributed by atoms with Gasteiger partial charge in [0.15, 0.2) is 0 Å². The minimum Gasteiger partial charge on any atom is -0.381 e. The smallest absolute Gasteiger partial charge is 0.269 e. The molecule has 0 saturated heterocycles. The molecule has 7 heteroatoms. The maximum Gasteiger partial charge on any atom is 0.269 e. The predicted octanol–water partition coefficient (Wildman–Crippen LogP) is 3.64. The number of rotatable bonds is 5. The van der Waals surface area contributed by atoms with Gasteiger partial charge in [-0.05, 0) is 55.5 Å². The van der Waals surface area contributed by atoms with E-state index >= 15 is 0 Å². The van der Waals surface area contributed by atoms with Gasteiger partial charge in [0.2, 0.25) is 0 Å². The fourth-order valence-corrected chi connectivity index (χ4v) is 3.74. The number of aliphatic hydroxyl groups is 1. The van der Waals surface area contributed by atoms with Crippen LogP contribution in [-0.2, 0) is 10.8 Å². The molecule has 1 aliphatic rings. The normalized spacial score (nSPS) is 19.7. The topological polar surface area (TPSA) is 92.8 Å². The van der Waals surface area contributed by atoms with Gasteiger partial charge in [0.25, 0.3) is 5.69 Å². The third-order valence-electron chi connectivity index (χ3n) is 4.05. The van der Waals surface area contributed by atoms with E-state index < -0.39 is 21.3 Å². The number of benzene rings is 2. The van der Waals surface area contributed by atoms with Crippen LogP contribution in [0.15, 0.2) is 82.7 Å². The van der Waals surface area contributed by atoms with E-state index in [1.807, 2.05) is 19.1 Å². The zero-order chi connectivity index (χ0) is 19.4. The van der Waals surface area contributed by atoms with Crippen LogP contribution in [0.1, 0.15) is 5.56 Å². The molecule has 138 valence electrons. The van der Waals surface area contributed by atoms with E-state index in [1.165, 1.54) is 12.1 Å². The van der Waals surface area contributed by atoms with Crippen molar-refractivity contribution in [1.82, 2.24) is 0 Å². The van der Waals surface area contributed by atoms with Crippen LogP contribution in [0.5, 0.6) is 0 Å². The summed E-state index contributed by atoms with van der Waals surface area (Å²) in [5, 5.41) is 21.3. The van der Waals surface area contributed by atoms with Crippen molar-refractivity contribution in [1.29, 1.82) is 0 Å². The Labute approximate surface area is 159 Å². The van der Waals surface area contributed by atoms with Gasteiger partial charge < -0.3 is 5.11 Å². The molecule has 2 aromatic rings. The number of nitro groups is 1. The maximum atomic E-state index is 12.5. The third-order valence-corrected chi connectivity index (χ3v) is 5.57. The quantitative estimate of drug-likeness (QED) is 0.631. The summed E-state index contributed by atoms with van der Waals surface area (Å²) in [4.78, 5) is 15.2. The average molecular weight is 382 g/mol. The molecule has 0 saturated carbocycles. The SMILES string of the molecule is Cc1ccc(S(=O)CC2(O)C=CC(=Nc3ccc([N+](=O)[O-])cc3)C=C2)cc1. The van der Waals surface area contributed by atoms with E-state index in [4.69, 9.17) is 0 Å². The van der Waals surface area contributed by atoms with Crippen molar-refractivity contribution in [2.45, 2.75) is 17.4 Å². The molecule has 1 unspecified atom stereocenters. The molecule has 0 spiro atoms. The first kappa shape index (κ1) is 18.9. The predicted molar refractivity (Wildman–Crippen MR) is 106 cm³/mol. The molecular formula is C20H18N2O4S. The molecular weight excluding hydrogens is 364 g/mol. The van der Waals surface area contributed by atoms with Gasteiger partial charge in [-0.3, -0.25) is 14.3 Å². The lowest BCUT2D eigenvalue weighted by Crippen LogP contribution is -2.32. The summed E-state index contributed by atoms with van der Waals surface area (Å²) < 4.78 is 12.5. The molecule has 0 bridgehead atoms. The number of nitro benzene ring substituents is 1. The average Bonchev–Trinajstić information content (AvgIpc) is 2.64. The zero-order valence-electron chi connectivity index (χ0n) is 14.6. The first-order valence-corrected chi connectivity index (χ1v) is 9.56. The molecule has 3 rings (SSSR count). The molecule has 0 aliphatic heterocycles. The molecule has 0 radical (unpaired) electrons. The van der Waals surface area contributed by atoms with E-state index in [9.17, 15) is 19.4 Å². The Morgan fingerprint density at radius 3 is 2.22 bits per heavy atom. The second-order valence-corrected chi connectivity index (χ2v) is 7.72. The Kier molecular flexibility index (Phi) is 5.43. The standard InChI is InChI=1S/C20H18N2O4S/c1-15-2-8-19(9-3-15)27(26)14-20(23)12-10-17(11-13-20)21-16-4-6-18(7-5-16)22(24)25/h2-13,23H,14H2,1H3. The molecule has 0 amide bonds. The highest BCUT2D eigenvalue weighted by Crippen LogP contribution is 2.22. The number of hydrogen-bond acceptors (Lipinski definition) is 5. The second kappa shape index (κ2) is 7.77. The highest BCUT2D eigenvalue weighted by Gasteiger charge is 2.26. The molecule has 0 heterocycles. The van der Waals surface area contributed by atoms with Crippen LogP contribution in [0.4, 0.5) is 11.4 Å². The second-order valence-electron chi connectivity index (χ2n) is 6.27. The first-order chi connectivity index (χ1) is 12.8. The lowest BCUT2D eigenvalue weighted by molar-refractivity contribution is -0.384. The van der Waals surface area contributed by atoms with Crippen molar-refractivity contribution in [3.63, 3.8) is 0 Å². The van der Waals surface area contributed by atoms with Crippen LogP contribution in [0, 0.1) is 17.0 Å². The Bertz CT molecular complexity index is 944. The number of nitrogens with zero attached hydrogens (tertiary/aromatic N) is 2. The molecule has 1 N–H and O–H groups in total. The summed E-state index contributed by atoms with van der Waals surface area (Å²) in [6, 6.07) is 13.3. The first-order valence-electron chi connectivity index (χ1n) is 8.24. The van der Waals surface area contributed by atoms with Gasteiger partial charge in [-0.2, -0.15) is 0 Å². The highest BCUT2D eigenvalue weighted by molar-refractivity contribution is 7.85. The lowest BCUT2D eigenvalue weighted by Gasteiger charge is -2.22. The summed E-state index contributed by atoms with van der Waals surface area (Å²) in [5.74, 6) is 0.0495. The molecule has 27 heavy (non-hydrogen) atoms. The number of hydrogen-bond donors (Lipinski definition) is 1. The van der Waals surface area contributed by atoms with Crippen molar-refractivity contribution in [2.24, 2.45) is 4.99 Å². The molecule has 2 aromatic carbocycles. The van der Waals surface area contributed by atoms with Crippen molar-refractivity contribution in [2.75, 3.05) is 5.75 Å². The lowest BCUT2D eigenvalue weighted by atomic mass is 9.99. The van der Waals surface area contributed by atoms with E-state index in [2.05, 4.69) is 4.99 Å². The fourth-order valence-electron chi connectivity index (χ4n) is 2.52. The van der Waals surface area contributed by atoms with Crippen LogP contribution in [0.25, 0.3) is 0 Å². The van der Waals surface area contributed by atoms with Crippen LogP contribution in [0.3, 0.4) is 0 Å². The molecule has 6 nitrogen and oxygen atoms in total. The molecule has 1 atom stereocenters. The number of allylic oxidation sites excluding steroid dienone is 2. The monoisotopic (exact) mass is 382 g/mol. The Hall–Kier alpha value is -2.90. The molecule has 1 aliphatic carbocycles. The Balaban J connectivity index is 1.69. The van der Waals surface area contributed by atoms with Gasteiger partial charge in [0.1, 0.15) is 5.60 Å². The summed E-state index contributed by atoms with van der Waals surface area (Å²) in [6.45, 7) is 1.96. The van der Waals surface area contributed by atoms with E-state index in [1.54, 1.807) is 48.6 Å². The van der Waals surface area contributed by atoms with Crippen molar-refractivity contribution in [3.8, 4) is 0 Å². The van der Waals surface area contributed by atoms with Gasteiger partial charge in [0, 0.05) is 17.0 Å². The zero-order valence-corrected chi connectivity index (χ0v) is 15.4. The molecule has 0 aromatic heterocycles. The summed E-state index contributed by atoms with van der Waals surface area (Å²) >= 11 is 0. The van der Waals surface area contributed by atoms with Crippen LogP contribution in [-0.4, -0.2) is 31.3 Å². The Morgan fingerprint density at radius 1 is 1.07 bits per heavy atom. The number of aryl methyl sites for hydroxylation is 1. The van der Waals surface area contributed by atoms with Crippen LogP contribution >= 0.6 is 0 Å². The number of aliphatic imine (C=N–C) groups is 1. The molecule has 0 fully saturated rings. The minimum absolute atomic E-state index is 0.00152. The van der Waals surface area contributed by atoms with Gasteiger partial charge >= 0.3 is 0 Å². The van der Waals surface area contributed by atoms with E-state index in [0.717, 1.165) is 5.56 Å². The van der Waals surface area contributed by atoms with Gasteiger partial charge in [-0.25, -0.2) is 4.99 Å².